The van der Waals surface area contributed by atoms with Gasteiger partial charge in [-0.25, -0.2) is 0 Å². The third kappa shape index (κ3) is 8.29. The van der Waals surface area contributed by atoms with Crippen LogP contribution in [0, 0.1) is 0 Å². The van der Waals surface area contributed by atoms with E-state index in [1.165, 1.54) is 75.3 Å². The summed E-state index contributed by atoms with van der Waals surface area (Å²) in [7, 11) is 0. The molecule has 0 aliphatic carbocycles. The van der Waals surface area contributed by atoms with Crippen molar-refractivity contribution in [3.05, 3.63) is 64.7 Å². The quantitative estimate of drug-likeness (QED) is 0.276. The van der Waals surface area contributed by atoms with E-state index < -0.39 is 0 Å². The summed E-state index contributed by atoms with van der Waals surface area (Å²) < 4.78 is 0. The van der Waals surface area contributed by atoms with Crippen molar-refractivity contribution in [2.75, 3.05) is 0 Å². The van der Waals surface area contributed by atoms with E-state index in [4.69, 9.17) is 0 Å². The number of hydrogen-bond acceptors (Lipinski definition) is 2. The molecule has 0 unspecified atom stereocenters. The maximum Gasteiger partial charge on any atom is 0.153 e. The largest absolute Gasteiger partial charge is 0.507 e. The second-order valence-corrected chi connectivity index (χ2v) is 7.94. The van der Waals surface area contributed by atoms with E-state index in [-0.39, 0.29) is 5.75 Å². The van der Waals surface area contributed by atoms with Crippen molar-refractivity contribution in [2.24, 2.45) is 0 Å². The highest BCUT2D eigenvalue weighted by molar-refractivity contribution is 5.79. The van der Waals surface area contributed by atoms with E-state index in [1.807, 2.05) is 6.07 Å². The average Bonchev–Trinajstić information content (AvgIpc) is 2.71. The maximum absolute atomic E-state index is 10.8. The van der Waals surface area contributed by atoms with Gasteiger partial charge in [-0.15, -0.1) is 0 Å². The van der Waals surface area contributed by atoms with Crippen molar-refractivity contribution in [3.8, 4) is 5.75 Å². The first-order chi connectivity index (χ1) is 13.7. The molecule has 0 aromatic heterocycles. The number of aryl methyl sites for hydroxylation is 1. The molecule has 152 valence electrons. The molecule has 2 aromatic rings. The lowest BCUT2D eigenvalue weighted by Crippen LogP contribution is -1.92. The minimum absolute atomic E-state index is 0.0603. The van der Waals surface area contributed by atoms with Crippen molar-refractivity contribution in [2.45, 2.75) is 84.0 Å². The number of unbranched alkanes of at least 4 members (excludes halogenated alkanes) is 9. The fourth-order valence-electron chi connectivity index (χ4n) is 3.67. The summed E-state index contributed by atoms with van der Waals surface area (Å²) in [5, 5.41) is 9.81. The fraction of sp³-hybridized carbons (Fsp3) is 0.500. The van der Waals surface area contributed by atoms with Gasteiger partial charge < -0.3 is 5.11 Å². The Morgan fingerprint density at radius 1 is 0.714 bits per heavy atom. The van der Waals surface area contributed by atoms with Crippen molar-refractivity contribution in [3.63, 3.8) is 0 Å². The molecule has 0 fully saturated rings. The Morgan fingerprint density at radius 3 is 1.82 bits per heavy atom. The number of carbonyl (C=O) groups is 1. The minimum Gasteiger partial charge on any atom is -0.507 e. The SMILES string of the molecule is CCCCCCCCCCCCc1ccc(Cc2ccc(C=O)c(O)c2)cc1. The number of benzene rings is 2. The molecule has 2 rings (SSSR count). The normalized spacial score (nSPS) is 10.9. The van der Waals surface area contributed by atoms with Crippen LogP contribution < -0.4 is 0 Å². The number of phenolic OH excluding ortho intramolecular Hbond substituents is 1. The highest BCUT2D eigenvalue weighted by atomic mass is 16.3. The summed E-state index contributed by atoms with van der Waals surface area (Å²) in [6, 6.07) is 14.1. The Bertz CT molecular complexity index is 688. The van der Waals surface area contributed by atoms with Gasteiger partial charge in [0.05, 0.1) is 5.56 Å². The van der Waals surface area contributed by atoms with Crippen LogP contribution in [0.15, 0.2) is 42.5 Å². The predicted molar refractivity (Wildman–Crippen MR) is 118 cm³/mol. The smallest absolute Gasteiger partial charge is 0.153 e. The lowest BCUT2D eigenvalue weighted by molar-refractivity contribution is 0.112. The third-order valence-corrected chi connectivity index (χ3v) is 5.47. The van der Waals surface area contributed by atoms with Crippen LogP contribution >= 0.6 is 0 Å². The Kier molecular flexibility index (Phi) is 10.4. The van der Waals surface area contributed by atoms with Crippen LogP contribution in [-0.4, -0.2) is 11.4 Å². The van der Waals surface area contributed by atoms with Gasteiger partial charge in [-0.3, -0.25) is 4.79 Å². The monoisotopic (exact) mass is 380 g/mol. The lowest BCUT2D eigenvalue weighted by Gasteiger charge is -2.06. The molecule has 0 aliphatic heterocycles. The zero-order valence-corrected chi connectivity index (χ0v) is 17.5. The molecule has 0 heterocycles. The zero-order valence-electron chi connectivity index (χ0n) is 17.5. The van der Waals surface area contributed by atoms with Gasteiger partial charge in [-0.1, -0.05) is 95.0 Å². The average molecular weight is 381 g/mol. The third-order valence-electron chi connectivity index (χ3n) is 5.47. The first-order valence-electron chi connectivity index (χ1n) is 11.1. The summed E-state index contributed by atoms with van der Waals surface area (Å²) in [5.74, 6) is 0.0603. The molecule has 2 aromatic carbocycles. The number of hydrogen-bond donors (Lipinski definition) is 1. The predicted octanol–water partition coefficient (Wildman–Crippen LogP) is 7.26. The summed E-state index contributed by atoms with van der Waals surface area (Å²) in [5.41, 5.74) is 3.99. The summed E-state index contributed by atoms with van der Waals surface area (Å²) >= 11 is 0. The van der Waals surface area contributed by atoms with Crippen LogP contribution in [0.2, 0.25) is 0 Å². The van der Waals surface area contributed by atoms with Gasteiger partial charge in [-0.2, -0.15) is 0 Å². The number of aromatic hydroxyl groups is 1. The van der Waals surface area contributed by atoms with Crippen molar-refractivity contribution in [1.82, 2.24) is 0 Å². The van der Waals surface area contributed by atoms with Crippen LogP contribution in [0.1, 0.15) is 98.2 Å². The van der Waals surface area contributed by atoms with E-state index in [0.29, 0.717) is 11.8 Å². The number of phenols is 1. The molecule has 0 spiro atoms. The topological polar surface area (TPSA) is 37.3 Å². The molecular formula is C26H36O2. The van der Waals surface area contributed by atoms with Crippen LogP contribution in [0.4, 0.5) is 0 Å². The van der Waals surface area contributed by atoms with Gasteiger partial charge in [0.2, 0.25) is 0 Å². The first-order valence-corrected chi connectivity index (χ1v) is 11.1. The van der Waals surface area contributed by atoms with E-state index in [0.717, 1.165) is 18.4 Å². The van der Waals surface area contributed by atoms with Crippen LogP contribution in [0.5, 0.6) is 5.75 Å². The van der Waals surface area contributed by atoms with Crippen molar-refractivity contribution >= 4 is 6.29 Å². The molecule has 0 radical (unpaired) electrons. The van der Waals surface area contributed by atoms with Crippen LogP contribution in [0.3, 0.4) is 0 Å². The highest BCUT2D eigenvalue weighted by Crippen LogP contribution is 2.20. The Hall–Kier alpha value is -2.09. The molecule has 0 amide bonds. The van der Waals surface area contributed by atoms with Crippen LogP contribution in [0.25, 0.3) is 0 Å². The summed E-state index contributed by atoms with van der Waals surface area (Å²) in [6.07, 6.45) is 16.4. The molecule has 2 heteroatoms. The molecule has 0 saturated heterocycles. The second-order valence-electron chi connectivity index (χ2n) is 7.94. The first kappa shape index (κ1) is 22.2. The standard InChI is InChI=1S/C26H36O2/c1-2-3-4-5-6-7-8-9-10-11-12-22-13-15-23(16-14-22)19-24-17-18-25(21-27)26(28)20-24/h13-18,20-21,28H,2-12,19H2,1H3. The van der Waals surface area contributed by atoms with E-state index in [1.54, 1.807) is 12.1 Å². The van der Waals surface area contributed by atoms with Gasteiger partial charge in [0.25, 0.3) is 0 Å². The van der Waals surface area contributed by atoms with Gasteiger partial charge in [0, 0.05) is 0 Å². The second kappa shape index (κ2) is 13.1. The number of aldehydes is 1. The van der Waals surface area contributed by atoms with E-state index in [9.17, 15) is 9.90 Å². The Labute approximate surface area is 171 Å². The molecule has 1 N–H and O–H groups in total. The summed E-state index contributed by atoms with van der Waals surface area (Å²) in [6.45, 7) is 2.27. The Balaban J connectivity index is 1.62. The fourth-order valence-corrected chi connectivity index (χ4v) is 3.67. The van der Waals surface area contributed by atoms with E-state index >= 15 is 0 Å². The molecule has 0 atom stereocenters. The molecule has 2 nitrogen and oxygen atoms in total. The Morgan fingerprint density at radius 2 is 1.25 bits per heavy atom. The van der Waals surface area contributed by atoms with E-state index in [2.05, 4.69) is 31.2 Å². The van der Waals surface area contributed by atoms with Gasteiger partial charge in [-0.05, 0) is 48.1 Å². The molecule has 0 bridgehead atoms. The number of carbonyl (C=O) groups excluding carboxylic acids is 1. The van der Waals surface area contributed by atoms with Crippen LogP contribution in [-0.2, 0) is 12.8 Å². The van der Waals surface area contributed by atoms with Gasteiger partial charge >= 0.3 is 0 Å². The molecule has 0 aliphatic rings. The zero-order chi connectivity index (χ0) is 20.0. The minimum atomic E-state index is 0.0603. The van der Waals surface area contributed by atoms with Gasteiger partial charge in [0.1, 0.15) is 5.75 Å². The summed E-state index contributed by atoms with van der Waals surface area (Å²) in [4.78, 5) is 10.8. The number of rotatable bonds is 14. The van der Waals surface area contributed by atoms with Gasteiger partial charge in [0.15, 0.2) is 6.29 Å². The molecule has 28 heavy (non-hydrogen) atoms. The lowest BCUT2D eigenvalue weighted by atomic mass is 10.00. The molecule has 0 saturated carbocycles. The van der Waals surface area contributed by atoms with Crippen molar-refractivity contribution < 1.29 is 9.90 Å². The van der Waals surface area contributed by atoms with Crippen molar-refractivity contribution in [1.29, 1.82) is 0 Å². The highest BCUT2D eigenvalue weighted by Gasteiger charge is 2.03. The maximum atomic E-state index is 10.8. The molecular weight excluding hydrogens is 344 g/mol.